The van der Waals surface area contributed by atoms with E-state index in [2.05, 4.69) is 0 Å². The van der Waals surface area contributed by atoms with Gasteiger partial charge in [0.2, 0.25) is 0 Å². The number of benzene rings is 3. The molecular weight excluding hydrogens is 314 g/mol. The van der Waals surface area contributed by atoms with Gasteiger partial charge in [-0.05, 0) is 34.5 Å². The van der Waals surface area contributed by atoms with Gasteiger partial charge >= 0.3 is 0 Å². The Labute approximate surface area is 147 Å². The fourth-order valence-corrected chi connectivity index (χ4v) is 3.02. The van der Waals surface area contributed by atoms with Crippen molar-refractivity contribution in [3.63, 3.8) is 0 Å². The number of methoxy groups -OCH3 is 1. The molecule has 3 aromatic rings. The number of likely N-dealkylation sites (N-methyl/N-ethyl adjacent to an activating group) is 1. The second-order valence-corrected chi connectivity index (χ2v) is 5.91. The lowest BCUT2D eigenvalue weighted by Crippen LogP contribution is -2.33. The second kappa shape index (κ2) is 7.36. The van der Waals surface area contributed by atoms with Crippen LogP contribution < -0.4 is 4.74 Å². The van der Waals surface area contributed by atoms with Crippen LogP contribution >= 0.6 is 0 Å². The number of carbonyl (C=O) groups is 1. The summed E-state index contributed by atoms with van der Waals surface area (Å²) in [5, 5.41) is 11.8. The van der Waals surface area contributed by atoms with Gasteiger partial charge < -0.3 is 14.7 Å². The molecule has 1 amide bonds. The number of nitrogens with zero attached hydrogens (tertiary/aromatic N) is 1. The monoisotopic (exact) mass is 335 g/mol. The number of carbonyl (C=O) groups excluding carboxylic acids is 1. The Kier molecular flexibility index (Phi) is 5.00. The first kappa shape index (κ1) is 17.0. The highest BCUT2D eigenvalue weighted by Crippen LogP contribution is 2.26. The smallest absolute Gasteiger partial charge is 0.254 e. The summed E-state index contributed by atoms with van der Waals surface area (Å²) < 4.78 is 5.16. The lowest BCUT2D eigenvalue weighted by molar-refractivity contribution is 0.0660. The minimum Gasteiger partial charge on any atom is -0.497 e. The van der Waals surface area contributed by atoms with Crippen LogP contribution in [0.5, 0.6) is 5.75 Å². The molecule has 1 atom stereocenters. The third-order valence-electron chi connectivity index (χ3n) is 4.48. The molecule has 0 saturated carbocycles. The topological polar surface area (TPSA) is 49.8 Å². The van der Waals surface area contributed by atoms with Gasteiger partial charge in [0.1, 0.15) is 5.75 Å². The van der Waals surface area contributed by atoms with Crippen LogP contribution in [0, 0.1) is 0 Å². The molecule has 3 rings (SSSR count). The number of hydrogen-bond acceptors (Lipinski definition) is 3. The number of ether oxygens (including phenoxy) is 1. The van der Waals surface area contributed by atoms with Crippen LogP contribution in [0.15, 0.2) is 66.7 Å². The molecule has 25 heavy (non-hydrogen) atoms. The maximum absolute atomic E-state index is 13.0. The summed E-state index contributed by atoms with van der Waals surface area (Å²) in [6, 6.07) is 20.5. The minimum atomic E-state index is -0.419. The third-order valence-corrected chi connectivity index (χ3v) is 4.48. The molecular formula is C21H21NO3. The molecule has 128 valence electrons. The van der Waals surface area contributed by atoms with Crippen LogP contribution in [-0.4, -0.2) is 36.7 Å². The first-order valence-corrected chi connectivity index (χ1v) is 8.15. The van der Waals surface area contributed by atoms with Gasteiger partial charge in [-0.3, -0.25) is 4.79 Å². The Bertz CT molecular complexity index is 868. The number of fused-ring (bicyclic) bond motifs is 1. The molecule has 1 unspecified atom stereocenters. The number of amides is 1. The summed E-state index contributed by atoms with van der Waals surface area (Å²) in [7, 11) is 3.32. The van der Waals surface area contributed by atoms with E-state index >= 15 is 0 Å². The Morgan fingerprint density at radius 1 is 1.04 bits per heavy atom. The van der Waals surface area contributed by atoms with E-state index in [0.29, 0.717) is 5.56 Å². The van der Waals surface area contributed by atoms with Gasteiger partial charge in [0, 0.05) is 12.6 Å². The molecule has 0 aromatic heterocycles. The number of aliphatic hydroxyl groups excluding tert-OH is 1. The Hall–Kier alpha value is -2.85. The minimum absolute atomic E-state index is 0.119. The second-order valence-electron chi connectivity index (χ2n) is 5.91. The number of hydrogen-bond donors (Lipinski definition) is 1. The van der Waals surface area contributed by atoms with E-state index in [9.17, 15) is 9.90 Å². The van der Waals surface area contributed by atoms with Crippen molar-refractivity contribution in [2.45, 2.75) is 6.04 Å². The van der Waals surface area contributed by atoms with Gasteiger partial charge in [0.05, 0.1) is 19.8 Å². The van der Waals surface area contributed by atoms with Crippen LogP contribution in [0.1, 0.15) is 22.0 Å². The normalized spacial score (nSPS) is 12.0. The highest BCUT2D eigenvalue weighted by atomic mass is 16.5. The van der Waals surface area contributed by atoms with E-state index in [1.165, 1.54) is 0 Å². The van der Waals surface area contributed by atoms with Crippen LogP contribution in [0.4, 0.5) is 0 Å². The maximum atomic E-state index is 13.0. The largest absolute Gasteiger partial charge is 0.497 e. The SMILES string of the molecule is COc1ccc(C(CO)N(C)C(=O)c2cccc3ccccc23)cc1. The van der Waals surface area contributed by atoms with Crippen LogP contribution in [0.3, 0.4) is 0 Å². The van der Waals surface area contributed by atoms with Crippen molar-refractivity contribution >= 4 is 16.7 Å². The molecule has 1 N–H and O–H groups in total. The zero-order chi connectivity index (χ0) is 17.8. The van der Waals surface area contributed by atoms with Crippen molar-refractivity contribution in [1.29, 1.82) is 0 Å². The van der Waals surface area contributed by atoms with Crippen molar-refractivity contribution in [2.75, 3.05) is 20.8 Å². The summed E-state index contributed by atoms with van der Waals surface area (Å²) in [6.45, 7) is -0.153. The highest BCUT2D eigenvalue weighted by Gasteiger charge is 2.23. The van der Waals surface area contributed by atoms with E-state index in [1.807, 2.05) is 66.7 Å². The zero-order valence-corrected chi connectivity index (χ0v) is 14.3. The molecule has 4 nitrogen and oxygen atoms in total. The predicted octanol–water partition coefficient (Wildman–Crippen LogP) is 3.65. The van der Waals surface area contributed by atoms with E-state index in [1.54, 1.807) is 19.1 Å². The van der Waals surface area contributed by atoms with Crippen LogP contribution in [0.2, 0.25) is 0 Å². The summed E-state index contributed by atoms with van der Waals surface area (Å²) in [5.41, 5.74) is 1.49. The number of rotatable bonds is 5. The highest BCUT2D eigenvalue weighted by molar-refractivity contribution is 6.07. The van der Waals surface area contributed by atoms with E-state index in [4.69, 9.17) is 4.74 Å². The van der Waals surface area contributed by atoms with Gasteiger partial charge in [0.25, 0.3) is 5.91 Å². The van der Waals surface area contributed by atoms with Crippen molar-refractivity contribution in [1.82, 2.24) is 4.90 Å². The van der Waals surface area contributed by atoms with Gasteiger partial charge in [-0.25, -0.2) is 0 Å². The molecule has 4 heteroatoms. The lowest BCUT2D eigenvalue weighted by Gasteiger charge is -2.27. The average molecular weight is 335 g/mol. The molecule has 0 heterocycles. The molecule has 0 aliphatic carbocycles. The standard InChI is InChI=1S/C21H21NO3/c1-22(20(14-23)16-10-12-17(25-2)13-11-16)21(24)19-9-5-7-15-6-3-4-8-18(15)19/h3-13,20,23H,14H2,1-2H3. The summed E-state index contributed by atoms with van der Waals surface area (Å²) >= 11 is 0. The first-order chi connectivity index (χ1) is 12.2. The Balaban J connectivity index is 1.93. The predicted molar refractivity (Wildman–Crippen MR) is 98.9 cm³/mol. The molecule has 0 aliphatic rings. The lowest BCUT2D eigenvalue weighted by atomic mass is 10.0. The molecule has 3 aromatic carbocycles. The van der Waals surface area contributed by atoms with Crippen LogP contribution in [-0.2, 0) is 0 Å². The van der Waals surface area contributed by atoms with Crippen molar-refractivity contribution in [3.8, 4) is 5.75 Å². The summed E-state index contributed by atoms with van der Waals surface area (Å²) in [6.07, 6.45) is 0. The molecule has 0 bridgehead atoms. The van der Waals surface area contributed by atoms with E-state index < -0.39 is 6.04 Å². The first-order valence-electron chi connectivity index (χ1n) is 8.15. The van der Waals surface area contributed by atoms with Gasteiger partial charge in [-0.1, -0.05) is 48.5 Å². The zero-order valence-electron chi connectivity index (χ0n) is 14.3. The van der Waals surface area contributed by atoms with Gasteiger partial charge in [-0.15, -0.1) is 0 Å². The maximum Gasteiger partial charge on any atom is 0.254 e. The van der Waals surface area contributed by atoms with Crippen molar-refractivity contribution < 1.29 is 14.6 Å². The van der Waals surface area contributed by atoms with E-state index in [-0.39, 0.29) is 12.5 Å². The summed E-state index contributed by atoms with van der Waals surface area (Å²) in [5.74, 6) is 0.621. The average Bonchev–Trinajstić information content (AvgIpc) is 2.68. The quantitative estimate of drug-likeness (QED) is 0.774. The molecule has 0 saturated heterocycles. The molecule has 0 spiro atoms. The summed E-state index contributed by atoms with van der Waals surface area (Å²) in [4.78, 5) is 14.6. The van der Waals surface area contributed by atoms with Crippen LogP contribution in [0.25, 0.3) is 10.8 Å². The molecule has 0 aliphatic heterocycles. The van der Waals surface area contributed by atoms with E-state index in [0.717, 1.165) is 22.1 Å². The molecule has 0 radical (unpaired) electrons. The van der Waals surface area contributed by atoms with Crippen molar-refractivity contribution in [2.24, 2.45) is 0 Å². The number of aliphatic hydroxyl groups is 1. The van der Waals surface area contributed by atoms with Gasteiger partial charge in [0.15, 0.2) is 0 Å². The van der Waals surface area contributed by atoms with Crippen molar-refractivity contribution in [3.05, 3.63) is 77.9 Å². The fourth-order valence-electron chi connectivity index (χ4n) is 3.02. The molecule has 0 fully saturated rings. The van der Waals surface area contributed by atoms with Gasteiger partial charge in [-0.2, -0.15) is 0 Å². The Morgan fingerprint density at radius 2 is 1.72 bits per heavy atom. The Morgan fingerprint density at radius 3 is 2.40 bits per heavy atom. The third kappa shape index (κ3) is 3.35. The fraction of sp³-hybridized carbons (Fsp3) is 0.190.